The van der Waals surface area contributed by atoms with Crippen LogP contribution >= 0.6 is 15.9 Å². The third-order valence-electron chi connectivity index (χ3n) is 7.41. The molecule has 0 aliphatic carbocycles. The van der Waals surface area contributed by atoms with Gasteiger partial charge in [-0.05, 0) is 60.0 Å². The number of hydrogen-bond acceptors (Lipinski definition) is 4. The maximum absolute atomic E-state index is 14.4. The molecule has 1 N–H and O–H groups in total. The van der Waals surface area contributed by atoms with Crippen LogP contribution in [0.5, 0.6) is 0 Å². The summed E-state index contributed by atoms with van der Waals surface area (Å²) < 4.78 is 70.7. The van der Waals surface area contributed by atoms with E-state index in [0.29, 0.717) is 28.9 Å². The summed E-state index contributed by atoms with van der Waals surface area (Å²) in [6, 6.07) is 26.1. The summed E-state index contributed by atoms with van der Waals surface area (Å²) >= 11 is 3.43. The van der Waals surface area contributed by atoms with Crippen molar-refractivity contribution in [2.24, 2.45) is 0 Å². The van der Waals surface area contributed by atoms with Gasteiger partial charge >= 0.3 is 6.18 Å². The van der Waals surface area contributed by atoms with E-state index in [2.05, 4.69) is 21.2 Å². The minimum absolute atomic E-state index is 0.0706. The summed E-state index contributed by atoms with van der Waals surface area (Å²) in [5.74, 6) is -1.20. The predicted molar refractivity (Wildman–Crippen MR) is 179 cm³/mol. The number of unbranched alkanes of at least 4 members (excludes halogenated alkanes) is 1. The molecule has 0 fully saturated rings. The Morgan fingerprint density at radius 2 is 1.49 bits per heavy atom. The molecule has 1 atom stereocenters. The molecule has 0 unspecified atom stereocenters. The first-order valence-electron chi connectivity index (χ1n) is 15.0. The van der Waals surface area contributed by atoms with Crippen LogP contribution in [0.4, 0.5) is 18.9 Å². The van der Waals surface area contributed by atoms with Gasteiger partial charge in [0.2, 0.25) is 11.8 Å². The van der Waals surface area contributed by atoms with E-state index >= 15 is 0 Å². The summed E-state index contributed by atoms with van der Waals surface area (Å²) in [4.78, 5) is 29.3. The number of anilines is 1. The number of nitrogens with one attached hydrogen (secondary N) is 1. The highest BCUT2D eigenvalue weighted by Crippen LogP contribution is 2.33. The Morgan fingerprint density at radius 1 is 0.851 bits per heavy atom. The van der Waals surface area contributed by atoms with Crippen LogP contribution in [0.3, 0.4) is 0 Å². The molecule has 0 aliphatic heterocycles. The summed E-state index contributed by atoms with van der Waals surface area (Å²) in [7, 11) is -4.54. The smallest absolute Gasteiger partial charge is 0.354 e. The molecule has 0 radical (unpaired) electrons. The quantitative estimate of drug-likeness (QED) is 0.139. The maximum Gasteiger partial charge on any atom is 0.416 e. The number of amides is 2. The second-order valence-electron chi connectivity index (χ2n) is 10.9. The summed E-state index contributed by atoms with van der Waals surface area (Å²) in [5, 5.41) is 2.90. The lowest BCUT2D eigenvalue weighted by Crippen LogP contribution is -2.53. The van der Waals surface area contributed by atoms with Gasteiger partial charge in [-0.2, -0.15) is 13.2 Å². The Bertz CT molecular complexity index is 1760. The molecule has 0 heterocycles. The third-order valence-corrected chi connectivity index (χ3v) is 9.70. The summed E-state index contributed by atoms with van der Waals surface area (Å²) in [6.07, 6.45) is -3.10. The SMILES string of the molecule is CCCCNC(=O)[C@@H](Cc1ccccc1)N(Cc1cccc(Br)c1)C(=O)CN(c1cccc(C(F)(F)F)c1)S(=O)(=O)c1ccccc1. The van der Waals surface area contributed by atoms with Gasteiger partial charge in [-0.3, -0.25) is 13.9 Å². The molecule has 0 saturated carbocycles. The number of alkyl halides is 3. The van der Waals surface area contributed by atoms with Gasteiger partial charge in [0.05, 0.1) is 16.1 Å². The number of nitrogens with zero attached hydrogens (tertiary/aromatic N) is 2. The molecule has 0 spiro atoms. The zero-order valence-corrected chi connectivity index (χ0v) is 28.1. The van der Waals surface area contributed by atoms with Crippen LogP contribution in [0.15, 0.2) is 119 Å². The lowest BCUT2D eigenvalue weighted by atomic mass is 10.0. The monoisotopic (exact) mass is 729 g/mol. The summed E-state index contributed by atoms with van der Waals surface area (Å²) in [5.41, 5.74) is 0.0101. The van der Waals surface area contributed by atoms with Crippen molar-refractivity contribution in [3.63, 3.8) is 0 Å². The molecule has 12 heteroatoms. The van der Waals surface area contributed by atoms with Crippen LogP contribution in [-0.4, -0.2) is 44.3 Å². The largest absolute Gasteiger partial charge is 0.416 e. The van der Waals surface area contributed by atoms with Crippen molar-refractivity contribution in [1.82, 2.24) is 10.2 Å². The molecule has 2 amide bonds. The number of sulfonamides is 1. The van der Waals surface area contributed by atoms with Gasteiger partial charge in [0.1, 0.15) is 12.6 Å². The molecular formula is C35H35BrF3N3O4S. The highest BCUT2D eigenvalue weighted by molar-refractivity contribution is 9.10. The zero-order valence-electron chi connectivity index (χ0n) is 25.7. The van der Waals surface area contributed by atoms with E-state index in [1.807, 2.05) is 37.3 Å². The van der Waals surface area contributed by atoms with Gasteiger partial charge < -0.3 is 10.2 Å². The summed E-state index contributed by atoms with van der Waals surface area (Å²) in [6.45, 7) is 1.42. The molecule has 7 nitrogen and oxygen atoms in total. The number of carbonyl (C=O) groups is 2. The van der Waals surface area contributed by atoms with Gasteiger partial charge in [-0.15, -0.1) is 0 Å². The molecule has 4 aromatic carbocycles. The Hall–Kier alpha value is -4.16. The second-order valence-corrected chi connectivity index (χ2v) is 13.7. The van der Waals surface area contributed by atoms with Gasteiger partial charge in [0, 0.05) is 24.0 Å². The van der Waals surface area contributed by atoms with Crippen molar-refractivity contribution in [2.75, 3.05) is 17.4 Å². The fourth-order valence-electron chi connectivity index (χ4n) is 4.98. The van der Waals surface area contributed by atoms with Crippen molar-refractivity contribution in [3.8, 4) is 0 Å². The first kappa shape index (κ1) is 35.7. The van der Waals surface area contributed by atoms with E-state index in [1.54, 1.807) is 30.3 Å². The van der Waals surface area contributed by atoms with E-state index in [-0.39, 0.29) is 23.5 Å². The van der Waals surface area contributed by atoms with Crippen LogP contribution in [0.1, 0.15) is 36.5 Å². The van der Waals surface area contributed by atoms with E-state index in [4.69, 9.17) is 0 Å². The molecular weight excluding hydrogens is 695 g/mol. The Morgan fingerprint density at radius 3 is 2.13 bits per heavy atom. The van der Waals surface area contributed by atoms with Crippen molar-refractivity contribution in [2.45, 2.75) is 49.8 Å². The van der Waals surface area contributed by atoms with E-state index in [1.165, 1.54) is 35.2 Å². The molecule has 0 bridgehead atoms. The standard InChI is InChI=1S/C35H35BrF3N3O4S/c1-2-3-20-40-34(44)32(22-26-12-6-4-7-13-26)41(24-27-14-10-16-29(36)21-27)33(43)25-42(47(45,46)31-18-8-5-9-19-31)30-17-11-15-28(23-30)35(37,38)39/h4-19,21,23,32H,2-3,20,22,24-25H2,1H3,(H,40,44)/t32-/m1/s1. The van der Waals surface area contributed by atoms with E-state index in [9.17, 15) is 31.2 Å². The lowest BCUT2D eigenvalue weighted by Gasteiger charge is -2.34. The van der Waals surface area contributed by atoms with Crippen LogP contribution < -0.4 is 9.62 Å². The van der Waals surface area contributed by atoms with Crippen LogP contribution in [-0.2, 0) is 38.8 Å². The predicted octanol–water partition coefficient (Wildman–Crippen LogP) is 7.22. The lowest BCUT2D eigenvalue weighted by molar-refractivity contribution is -0.140. The zero-order chi connectivity index (χ0) is 34.0. The minimum Gasteiger partial charge on any atom is -0.354 e. The highest BCUT2D eigenvalue weighted by Gasteiger charge is 2.36. The topological polar surface area (TPSA) is 86.8 Å². The van der Waals surface area contributed by atoms with Crippen molar-refractivity contribution >= 4 is 43.5 Å². The Labute approximate surface area is 281 Å². The molecule has 0 saturated heterocycles. The van der Waals surface area contributed by atoms with Gasteiger partial charge in [-0.25, -0.2) is 8.42 Å². The molecule has 0 aromatic heterocycles. The highest BCUT2D eigenvalue weighted by atomic mass is 79.9. The second kappa shape index (κ2) is 16.1. The van der Waals surface area contributed by atoms with Gasteiger partial charge in [0.25, 0.3) is 10.0 Å². The van der Waals surface area contributed by atoms with Crippen molar-refractivity contribution < 1.29 is 31.2 Å². The molecule has 248 valence electrons. The molecule has 4 aromatic rings. The fourth-order valence-corrected chi connectivity index (χ4v) is 6.85. The number of carbonyl (C=O) groups excluding carboxylic acids is 2. The van der Waals surface area contributed by atoms with Gasteiger partial charge in [-0.1, -0.05) is 96.0 Å². The average Bonchev–Trinajstić information content (AvgIpc) is 3.05. The van der Waals surface area contributed by atoms with Crippen molar-refractivity contribution in [1.29, 1.82) is 0 Å². The number of benzene rings is 4. The van der Waals surface area contributed by atoms with Crippen molar-refractivity contribution in [3.05, 3.63) is 130 Å². The molecule has 0 aliphatic rings. The Balaban J connectivity index is 1.82. The normalized spacial score (nSPS) is 12.3. The first-order valence-corrected chi connectivity index (χ1v) is 17.2. The Kier molecular flexibility index (Phi) is 12.2. The van der Waals surface area contributed by atoms with E-state index in [0.717, 1.165) is 28.6 Å². The number of rotatable bonds is 14. The average molecular weight is 731 g/mol. The van der Waals surface area contributed by atoms with E-state index < -0.39 is 46.2 Å². The van der Waals surface area contributed by atoms with Crippen LogP contribution in [0.2, 0.25) is 0 Å². The first-order chi connectivity index (χ1) is 22.4. The minimum atomic E-state index is -4.76. The van der Waals surface area contributed by atoms with Crippen LogP contribution in [0, 0.1) is 0 Å². The third kappa shape index (κ3) is 9.68. The maximum atomic E-state index is 14.4. The van der Waals surface area contributed by atoms with Crippen LogP contribution in [0.25, 0.3) is 0 Å². The number of halogens is 4. The van der Waals surface area contributed by atoms with Gasteiger partial charge in [0.15, 0.2) is 0 Å². The molecule has 47 heavy (non-hydrogen) atoms. The number of hydrogen-bond donors (Lipinski definition) is 1. The fraction of sp³-hybridized carbons (Fsp3) is 0.257. The molecule has 4 rings (SSSR count).